The number of anilines is 1. The van der Waals surface area contributed by atoms with E-state index in [2.05, 4.69) is 10.1 Å². The number of carbonyl (C=O) groups excluding carboxylic acids is 2. The molecule has 0 aromatic heterocycles. The Morgan fingerprint density at radius 3 is 2.33 bits per heavy atom. The number of carbonyl (C=O) groups is 2. The SMILES string of the molecule is CCOC(=O)CCC(=O)Nc1cc(F)cc(F)c1. The Bertz CT molecular complexity index is 429. The third-order valence-corrected chi connectivity index (χ3v) is 2.01. The maximum Gasteiger partial charge on any atom is 0.306 e. The first kappa shape index (κ1) is 14.1. The summed E-state index contributed by atoms with van der Waals surface area (Å²) in [6.45, 7) is 1.91. The molecule has 6 heteroatoms. The summed E-state index contributed by atoms with van der Waals surface area (Å²) in [5, 5.41) is 2.29. The normalized spacial score (nSPS) is 9.94. The highest BCUT2D eigenvalue weighted by Gasteiger charge is 2.09. The van der Waals surface area contributed by atoms with Gasteiger partial charge in [0.1, 0.15) is 11.6 Å². The van der Waals surface area contributed by atoms with E-state index in [4.69, 9.17) is 0 Å². The average Bonchev–Trinajstić information content (AvgIpc) is 2.25. The first-order valence-corrected chi connectivity index (χ1v) is 5.43. The van der Waals surface area contributed by atoms with Gasteiger partial charge in [-0.05, 0) is 19.1 Å². The van der Waals surface area contributed by atoms with Crippen LogP contribution in [0.5, 0.6) is 0 Å². The van der Waals surface area contributed by atoms with Crippen molar-refractivity contribution in [1.29, 1.82) is 0 Å². The van der Waals surface area contributed by atoms with Gasteiger partial charge in [-0.15, -0.1) is 0 Å². The first-order chi connectivity index (χ1) is 8.51. The van der Waals surface area contributed by atoms with Crippen molar-refractivity contribution in [2.24, 2.45) is 0 Å². The van der Waals surface area contributed by atoms with Crippen molar-refractivity contribution in [2.75, 3.05) is 11.9 Å². The van der Waals surface area contributed by atoms with Crippen LogP contribution in [0, 0.1) is 11.6 Å². The molecule has 0 bridgehead atoms. The topological polar surface area (TPSA) is 55.4 Å². The number of benzene rings is 1. The highest BCUT2D eigenvalue weighted by molar-refractivity contribution is 5.92. The molecule has 0 aliphatic rings. The van der Waals surface area contributed by atoms with Crippen molar-refractivity contribution in [1.82, 2.24) is 0 Å². The molecule has 1 aromatic rings. The van der Waals surface area contributed by atoms with Gasteiger partial charge in [0.15, 0.2) is 0 Å². The maximum atomic E-state index is 12.8. The van der Waals surface area contributed by atoms with E-state index in [1.165, 1.54) is 0 Å². The van der Waals surface area contributed by atoms with Gasteiger partial charge < -0.3 is 10.1 Å². The molecule has 0 spiro atoms. The molecule has 0 unspecified atom stereocenters. The minimum absolute atomic E-state index is 0.0151. The molecule has 1 N–H and O–H groups in total. The third kappa shape index (κ3) is 4.90. The molecule has 4 nitrogen and oxygen atoms in total. The van der Waals surface area contributed by atoms with E-state index >= 15 is 0 Å². The minimum atomic E-state index is -0.782. The number of halogens is 2. The molecule has 98 valence electrons. The van der Waals surface area contributed by atoms with Gasteiger partial charge in [-0.3, -0.25) is 9.59 Å². The highest BCUT2D eigenvalue weighted by atomic mass is 19.1. The Labute approximate surface area is 103 Å². The first-order valence-electron chi connectivity index (χ1n) is 5.43. The van der Waals surface area contributed by atoms with E-state index in [1.54, 1.807) is 6.92 Å². The molecule has 0 heterocycles. The van der Waals surface area contributed by atoms with Crippen LogP contribution in [-0.4, -0.2) is 18.5 Å². The molecular formula is C12H13F2NO3. The van der Waals surface area contributed by atoms with Crippen LogP contribution in [0.2, 0.25) is 0 Å². The highest BCUT2D eigenvalue weighted by Crippen LogP contribution is 2.13. The second kappa shape index (κ2) is 6.68. The quantitative estimate of drug-likeness (QED) is 0.823. The maximum absolute atomic E-state index is 12.8. The van der Waals surface area contributed by atoms with E-state index in [0.29, 0.717) is 6.07 Å². The van der Waals surface area contributed by atoms with Gasteiger partial charge in [0.25, 0.3) is 0 Å². The zero-order valence-corrected chi connectivity index (χ0v) is 9.83. The van der Waals surface area contributed by atoms with Crippen molar-refractivity contribution >= 4 is 17.6 Å². The molecule has 1 amide bonds. The summed E-state index contributed by atoms with van der Waals surface area (Å²) in [6.07, 6.45) is -0.172. The molecule has 0 atom stereocenters. The largest absolute Gasteiger partial charge is 0.466 e. The van der Waals surface area contributed by atoms with Crippen LogP contribution in [0.4, 0.5) is 14.5 Å². The summed E-state index contributed by atoms with van der Waals surface area (Å²) in [4.78, 5) is 22.4. The Balaban J connectivity index is 2.47. The van der Waals surface area contributed by atoms with Crippen molar-refractivity contribution < 1.29 is 23.1 Å². The van der Waals surface area contributed by atoms with E-state index in [0.717, 1.165) is 12.1 Å². The lowest BCUT2D eigenvalue weighted by Crippen LogP contribution is -2.14. The molecule has 18 heavy (non-hydrogen) atoms. The van der Waals surface area contributed by atoms with E-state index in [1.807, 2.05) is 0 Å². The Hall–Kier alpha value is -1.98. The Morgan fingerprint density at radius 2 is 1.78 bits per heavy atom. The third-order valence-electron chi connectivity index (χ3n) is 2.01. The van der Waals surface area contributed by atoms with Crippen LogP contribution in [0.25, 0.3) is 0 Å². The van der Waals surface area contributed by atoms with Crippen molar-refractivity contribution in [3.05, 3.63) is 29.8 Å². The lowest BCUT2D eigenvalue weighted by molar-refractivity contribution is -0.144. The van der Waals surface area contributed by atoms with Crippen LogP contribution >= 0.6 is 0 Å². The van der Waals surface area contributed by atoms with Crippen LogP contribution in [0.15, 0.2) is 18.2 Å². The molecule has 1 aromatic carbocycles. The van der Waals surface area contributed by atoms with E-state index in [-0.39, 0.29) is 25.1 Å². The molecule has 0 radical (unpaired) electrons. The lowest BCUT2D eigenvalue weighted by atomic mass is 10.2. The second-order valence-electron chi connectivity index (χ2n) is 3.51. The van der Waals surface area contributed by atoms with Gasteiger partial charge in [-0.25, -0.2) is 8.78 Å². The van der Waals surface area contributed by atoms with E-state index in [9.17, 15) is 18.4 Å². The average molecular weight is 257 g/mol. The fraction of sp³-hybridized carbons (Fsp3) is 0.333. The lowest BCUT2D eigenvalue weighted by Gasteiger charge is -2.05. The molecular weight excluding hydrogens is 244 g/mol. The van der Waals surface area contributed by atoms with Crippen molar-refractivity contribution in [2.45, 2.75) is 19.8 Å². The van der Waals surface area contributed by atoms with Crippen molar-refractivity contribution in [3.8, 4) is 0 Å². The number of hydrogen-bond donors (Lipinski definition) is 1. The van der Waals surface area contributed by atoms with Gasteiger partial charge in [-0.2, -0.15) is 0 Å². The Kier molecular flexibility index (Phi) is 5.23. The number of nitrogens with one attached hydrogen (secondary N) is 1. The van der Waals surface area contributed by atoms with Crippen molar-refractivity contribution in [3.63, 3.8) is 0 Å². The number of amides is 1. The molecule has 0 saturated carbocycles. The summed E-state index contributed by atoms with van der Waals surface area (Å²) >= 11 is 0. The van der Waals surface area contributed by atoms with Crippen LogP contribution < -0.4 is 5.32 Å². The molecule has 0 saturated heterocycles. The summed E-state index contributed by atoms with van der Waals surface area (Å²) in [6, 6.07) is 2.69. The van der Waals surface area contributed by atoms with Crippen LogP contribution in [0.1, 0.15) is 19.8 Å². The zero-order valence-electron chi connectivity index (χ0n) is 9.83. The van der Waals surface area contributed by atoms with Crippen LogP contribution in [0.3, 0.4) is 0 Å². The summed E-state index contributed by atoms with van der Waals surface area (Å²) in [5.41, 5.74) is 0.0151. The van der Waals surface area contributed by atoms with Gasteiger partial charge in [0.2, 0.25) is 5.91 Å². The van der Waals surface area contributed by atoms with Gasteiger partial charge in [0.05, 0.1) is 13.0 Å². The molecule has 0 aliphatic heterocycles. The minimum Gasteiger partial charge on any atom is -0.466 e. The monoisotopic (exact) mass is 257 g/mol. The fourth-order valence-electron chi connectivity index (χ4n) is 1.30. The number of hydrogen-bond acceptors (Lipinski definition) is 3. The predicted octanol–water partition coefficient (Wildman–Crippen LogP) is 2.25. The molecule has 0 fully saturated rings. The summed E-state index contributed by atoms with van der Waals surface area (Å²) in [7, 11) is 0. The standard InChI is InChI=1S/C12H13F2NO3/c1-2-18-12(17)4-3-11(16)15-10-6-8(13)5-9(14)7-10/h5-7H,2-4H2,1H3,(H,15,16). The molecule has 0 aliphatic carbocycles. The Morgan fingerprint density at radius 1 is 1.17 bits per heavy atom. The van der Waals surface area contributed by atoms with Gasteiger partial charge >= 0.3 is 5.97 Å². The van der Waals surface area contributed by atoms with Gasteiger partial charge in [-0.1, -0.05) is 0 Å². The smallest absolute Gasteiger partial charge is 0.306 e. The number of rotatable bonds is 5. The number of esters is 1. The fourth-order valence-corrected chi connectivity index (χ4v) is 1.30. The summed E-state index contributed by atoms with van der Waals surface area (Å²) in [5.74, 6) is -2.56. The summed E-state index contributed by atoms with van der Waals surface area (Å²) < 4.78 is 30.3. The number of ether oxygens (including phenoxy) is 1. The predicted molar refractivity (Wildman–Crippen MR) is 60.9 cm³/mol. The van der Waals surface area contributed by atoms with Crippen LogP contribution in [-0.2, 0) is 14.3 Å². The van der Waals surface area contributed by atoms with E-state index < -0.39 is 23.5 Å². The molecule has 1 rings (SSSR count). The second-order valence-corrected chi connectivity index (χ2v) is 3.51. The zero-order chi connectivity index (χ0) is 13.5. The van der Waals surface area contributed by atoms with Gasteiger partial charge in [0, 0.05) is 18.2 Å².